The van der Waals surface area contributed by atoms with Crippen LogP contribution >= 0.6 is 15.9 Å². The summed E-state index contributed by atoms with van der Waals surface area (Å²) in [5.41, 5.74) is 0.964. The second kappa shape index (κ2) is 8.31. The molecule has 0 saturated carbocycles. The topological polar surface area (TPSA) is 48.2 Å². The largest absolute Gasteiger partial charge is 0.489 e. The first kappa shape index (κ1) is 20.2. The molecule has 1 heterocycles. The average Bonchev–Trinajstić information content (AvgIpc) is 3.23. The molecule has 0 spiro atoms. The highest BCUT2D eigenvalue weighted by atomic mass is 79.9. The van der Waals surface area contributed by atoms with Crippen LogP contribution in [0.1, 0.15) is 11.1 Å². The Hall–Kier alpha value is -3.13. The summed E-state index contributed by atoms with van der Waals surface area (Å²) in [6, 6.07) is 19.6. The molecular weight excluding hydrogens is 461 g/mol. The maximum atomic E-state index is 12.9. The quantitative estimate of drug-likeness (QED) is 0.320. The number of rotatable bonds is 5. The van der Waals surface area contributed by atoms with Gasteiger partial charge in [-0.3, -0.25) is 0 Å². The van der Waals surface area contributed by atoms with E-state index in [0.29, 0.717) is 12.2 Å². The molecule has 0 atom stereocenters. The van der Waals surface area contributed by atoms with E-state index < -0.39 is 11.7 Å². The van der Waals surface area contributed by atoms with Crippen LogP contribution in [0, 0.1) is 0 Å². The first-order chi connectivity index (χ1) is 14.4. The van der Waals surface area contributed by atoms with Crippen LogP contribution in [0.2, 0.25) is 0 Å². The van der Waals surface area contributed by atoms with Crippen molar-refractivity contribution < 1.29 is 22.3 Å². The van der Waals surface area contributed by atoms with Gasteiger partial charge in [-0.05, 0) is 54.1 Å². The van der Waals surface area contributed by atoms with Gasteiger partial charge < -0.3 is 9.15 Å². The summed E-state index contributed by atoms with van der Waals surface area (Å²) in [4.78, 5) is 0. The predicted octanol–water partition coefficient (Wildman–Crippen LogP) is 6.76. The maximum Gasteiger partial charge on any atom is 0.416 e. The third kappa shape index (κ3) is 4.71. The number of aromatic nitrogens is 2. The lowest BCUT2D eigenvalue weighted by atomic mass is 10.1. The number of benzene rings is 3. The van der Waals surface area contributed by atoms with E-state index in [1.54, 1.807) is 6.07 Å². The van der Waals surface area contributed by atoms with E-state index in [2.05, 4.69) is 26.1 Å². The molecule has 1 aromatic heterocycles. The Morgan fingerprint density at radius 2 is 1.50 bits per heavy atom. The van der Waals surface area contributed by atoms with Crippen molar-refractivity contribution in [3.05, 3.63) is 88.4 Å². The van der Waals surface area contributed by atoms with Gasteiger partial charge >= 0.3 is 6.18 Å². The first-order valence-corrected chi connectivity index (χ1v) is 9.66. The van der Waals surface area contributed by atoms with Crippen molar-refractivity contribution in [1.29, 1.82) is 0 Å². The minimum absolute atomic E-state index is 0.0203. The van der Waals surface area contributed by atoms with E-state index >= 15 is 0 Å². The molecule has 0 aliphatic rings. The van der Waals surface area contributed by atoms with E-state index in [9.17, 15) is 13.2 Å². The monoisotopic (exact) mass is 474 g/mol. The summed E-state index contributed by atoms with van der Waals surface area (Å²) in [5.74, 6) is 0.956. The number of hydrogen-bond acceptors (Lipinski definition) is 4. The molecule has 0 radical (unpaired) electrons. The molecule has 4 nitrogen and oxygen atoms in total. The van der Waals surface area contributed by atoms with Gasteiger partial charge in [-0.2, -0.15) is 13.2 Å². The Kier molecular flexibility index (Phi) is 5.59. The Morgan fingerprint density at radius 1 is 0.833 bits per heavy atom. The Balaban J connectivity index is 1.53. The zero-order valence-electron chi connectivity index (χ0n) is 15.4. The molecule has 0 aliphatic heterocycles. The summed E-state index contributed by atoms with van der Waals surface area (Å²) >= 11 is 3.40. The zero-order valence-corrected chi connectivity index (χ0v) is 16.9. The number of halogens is 4. The minimum Gasteiger partial charge on any atom is -0.489 e. The lowest BCUT2D eigenvalue weighted by Crippen LogP contribution is -2.04. The van der Waals surface area contributed by atoms with Crippen molar-refractivity contribution in [2.45, 2.75) is 12.8 Å². The van der Waals surface area contributed by atoms with Crippen molar-refractivity contribution in [3.8, 4) is 28.7 Å². The second-order valence-electron chi connectivity index (χ2n) is 6.44. The van der Waals surface area contributed by atoms with Crippen LogP contribution in [-0.4, -0.2) is 10.2 Å². The van der Waals surface area contributed by atoms with Crippen molar-refractivity contribution in [3.63, 3.8) is 0 Å². The molecule has 3 aromatic carbocycles. The molecule has 0 saturated heterocycles. The Morgan fingerprint density at radius 3 is 2.20 bits per heavy atom. The van der Waals surface area contributed by atoms with Crippen molar-refractivity contribution in [1.82, 2.24) is 10.2 Å². The molecular formula is C22H14BrF3N2O2. The van der Waals surface area contributed by atoms with Crippen LogP contribution in [-0.2, 0) is 12.8 Å². The second-order valence-corrected chi connectivity index (χ2v) is 7.35. The molecule has 0 N–H and O–H groups in total. The van der Waals surface area contributed by atoms with Crippen LogP contribution in [0.15, 0.2) is 81.7 Å². The van der Waals surface area contributed by atoms with Gasteiger partial charge in [0.05, 0.1) is 5.56 Å². The highest BCUT2D eigenvalue weighted by Crippen LogP contribution is 2.32. The van der Waals surface area contributed by atoms with Gasteiger partial charge in [-0.1, -0.05) is 40.2 Å². The third-order valence-corrected chi connectivity index (χ3v) is 4.73. The number of hydrogen-bond donors (Lipinski definition) is 0. The molecule has 152 valence electrons. The standard InChI is InChI=1S/C22H14BrF3N2O2/c23-18-8-3-9-19(12-18)29-13-14-4-1-5-15(10-14)20-27-28-21(30-20)16-6-2-7-17(11-16)22(24,25)26/h1-12H,13H2. The van der Waals surface area contributed by atoms with E-state index in [1.165, 1.54) is 12.1 Å². The van der Waals surface area contributed by atoms with Crippen LogP contribution in [0.4, 0.5) is 13.2 Å². The lowest BCUT2D eigenvalue weighted by Gasteiger charge is -2.07. The van der Waals surface area contributed by atoms with Gasteiger partial charge in [0, 0.05) is 15.6 Å². The molecule has 0 unspecified atom stereocenters. The number of alkyl halides is 3. The first-order valence-electron chi connectivity index (χ1n) is 8.87. The molecule has 4 aromatic rings. The van der Waals surface area contributed by atoms with Crippen LogP contribution in [0.3, 0.4) is 0 Å². The normalized spacial score (nSPS) is 11.5. The van der Waals surface area contributed by atoms with Crippen molar-refractivity contribution in [2.24, 2.45) is 0 Å². The SMILES string of the molecule is FC(F)(F)c1cccc(-c2nnc(-c3cccc(COc4cccc(Br)c4)c3)o2)c1. The zero-order chi connectivity index (χ0) is 21.1. The van der Waals surface area contributed by atoms with Gasteiger partial charge in [-0.25, -0.2) is 0 Å². The van der Waals surface area contributed by atoms with E-state index in [4.69, 9.17) is 9.15 Å². The maximum absolute atomic E-state index is 12.9. The van der Waals surface area contributed by atoms with Crippen LogP contribution in [0.5, 0.6) is 5.75 Å². The fourth-order valence-electron chi connectivity index (χ4n) is 2.80. The summed E-state index contributed by atoms with van der Waals surface area (Å²) < 4.78 is 51.1. The van der Waals surface area contributed by atoms with Gasteiger partial charge in [0.25, 0.3) is 0 Å². The van der Waals surface area contributed by atoms with Gasteiger partial charge in [-0.15, -0.1) is 10.2 Å². The smallest absolute Gasteiger partial charge is 0.416 e. The van der Waals surface area contributed by atoms with Crippen molar-refractivity contribution in [2.75, 3.05) is 0 Å². The van der Waals surface area contributed by atoms with E-state index in [-0.39, 0.29) is 17.3 Å². The lowest BCUT2D eigenvalue weighted by molar-refractivity contribution is -0.137. The van der Waals surface area contributed by atoms with Crippen LogP contribution < -0.4 is 4.74 Å². The Bertz CT molecular complexity index is 1170. The molecule has 0 amide bonds. The average molecular weight is 475 g/mol. The molecule has 0 fully saturated rings. The Labute approximate surface area is 178 Å². The molecule has 30 heavy (non-hydrogen) atoms. The summed E-state index contributed by atoms with van der Waals surface area (Å²) in [6.07, 6.45) is -4.44. The third-order valence-electron chi connectivity index (χ3n) is 4.24. The molecule has 0 bridgehead atoms. The summed E-state index contributed by atoms with van der Waals surface area (Å²) in [7, 11) is 0. The number of nitrogens with zero attached hydrogens (tertiary/aromatic N) is 2. The van der Waals surface area contributed by atoms with Gasteiger partial charge in [0.15, 0.2) is 0 Å². The fourth-order valence-corrected chi connectivity index (χ4v) is 3.18. The highest BCUT2D eigenvalue weighted by molar-refractivity contribution is 9.10. The van der Waals surface area contributed by atoms with Gasteiger partial charge in [0.2, 0.25) is 11.8 Å². The molecule has 8 heteroatoms. The van der Waals surface area contributed by atoms with E-state index in [0.717, 1.165) is 27.9 Å². The predicted molar refractivity (Wildman–Crippen MR) is 109 cm³/mol. The molecule has 0 aliphatic carbocycles. The van der Waals surface area contributed by atoms with Crippen molar-refractivity contribution >= 4 is 15.9 Å². The summed E-state index contributed by atoms with van der Waals surface area (Å²) in [6.45, 7) is 0.332. The number of ether oxygens (including phenoxy) is 1. The van der Waals surface area contributed by atoms with E-state index in [1.807, 2.05) is 42.5 Å². The minimum atomic E-state index is -4.44. The van der Waals surface area contributed by atoms with Gasteiger partial charge in [0.1, 0.15) is 12.4 Å². The van der Waals surface area contributed by atoms with Crippen LogP contribution in [0.25, 0.3) is 22.9 Å². The summed E-state index contributed by atoms with van der Waals surface area (Å²) in [5, 5.41) is 7.88. The molecule has 4 rings (SSSR count). The highest BCUT2D eigenvalue weighted by Gasteiger charge is 2.30. The fraction of sp³-hybridized carbons (Fsp3) is 0.0909.